The molecule has 0 aliphatic rings. The zero-order valence-corrected chi connectivity index (χ0v) is 14.3. The Hall–Kier alpha value is -2.43. The van der Waals surface area contributed by atoms with Crippen LogP contribution in [0, 0.1) is 6.92 Å². The van der Waals surface area contributed by atoms with Crippen molar-refractivity contribution >= 4 is 11.0 Å². The minimum Gasteiger partial charge on any atom is -0.461 e. The van der Waals surface area contributed by atoms with E-state index < -0.39 is 0 Å². The van der Waals surface area contributed by atoms with E-state index in [0.717, 1.165) is 17.7 Å². The van der Waals surface area contributed by atoms with E-state index in [9.17, 15) is 4.79 Å². The van der Waals surface area contributed by atoms with Crippen LogP contribution in [0.1, 0.15) is 22.5 Å². The molecule has 0 radical (unpaired) electrons. The summed E-state index contributed by atoms with van der Waals surface area (Å²) in [6, 6.07) is 15.5. The van der Waals surface area contributed by atoms with Gasteiger partial charge in [-0.1, -0.05) is 36.4 Å². The van der Waals surface area contributed by atoms with Gasteiger partial charge in [0.05, 0.1) is 25.2 Å². The Morgan fingerprint density at radius 2 is 1.72 bits per heavy atom. The normalized spacial score (nSPS) is 11.1. The first-order chi connectivity index (χ1) is 12.2. The first-order valence-corrected chi connectivity index (χ1v) is 8.47. The third kappa shape index (κ3) is 4.16. The molecule has 0 saturated heterocycles. The Kier molecular flexibility index (Phi) is 5.64. The third-order valence-electron chi connectivity index (χ3n) is 4.29. The number of ether oxygens (including phenoxy) is 1. The number of hydrogen-bond acceptors (Lipinski definition) is 4. The number of fused-ring (bicyclic) bond motifs is 1. The zero-order chi connectivity index (χ0) is 17.6. The molecule has 0 aliphatic heterocycles. The zero-order valence-electron chi connectivity index (χ0n) is 14.3. The number of benzene rings is 2. The van der Waals surface area contributed by atoms with E-state index in [1.54, 1.807) is 6.07 Å². The SMILES string of the molecule is Cc1c(CCc2ccc(COCCO)cc2)oc2ccccc2c1=O. The van der Waals surface area contributed by atoms with Crippen LogP contribution in [-0.2, 0) is 24.2 Å². The Labute approximate surface area is 146 Å². The standard InChI is InChI=1S/C21H22O4/c1-15-19(25-20-5-3-2-4-18(20)21(15)23)11-10-16-6-8-17(9-7-16)14-24-13-12-22/h2-9,22H,10-14H2,1H3. The highest BCUT2D eigenvalue weighted by Crippen LogP contribution is 2.17. The maximum atomic E-state index is 12.4. The van der Waals surface area contributed by atoms with Gasteiger partial charge >= 0.3 is 0 Å². The third-order valence-corrected chi connectivity index (χ3v) is 4.29. The molecule has 130 valence electrons. The highest BCUT2D eigenvalue weighted by atomic mass is 16.5. The number of aliphatic hydroxyl groups excluding tert-OH is 1. The minimum absolute atomic E-state index is 0.0361. The smallest absolute Gasteiger partial charge is 0.195 e. The molecular weight excluding hydrogens is 316 g/mol. The van der Waals surface area contributed by atoms with Gasteiger partial charge in [0.25, 0.3) is 0 Å². The Bertz CT molecular complexity index is 894. The summed E-state index contributed by atoms with van der Waals surface area (Å²) in [7, 11) is 0. The van der Waals surface area contributed by atoms with E-state index in [-0.39, 0.29) is 12.0 Å². The van der Waals surface area contributed by atoms with Gasteiger partial charge in [0.15, 0.2) is 5.43 Å². The summed E-state index contributed by atoms with van der Waals surface area (Å²) >= 11 is 0. The van der Waals surface area contributed by atoms with Gasteiger partial charge in [-0.05, 0) is 36.6 Å². The second-order valence-corrected chi connectivity index (χ2v) is 6.07. The molecule has 0 aliphatic carbocycles. The predicted molar refractivity (Wildman–Crippen MR) is 97.8 cm³/mol. The highest BCUT2D eigenvalue weighted by Gasteiger charge is 2.10. The average Bonchev–Trinajstić information content (AvgIpc) is 2.65. The van der Waals surface area contributed by atoms with Crippen LogP contribution in [0.4, 0.5) is 0 Å². The second kappa shape index (κ2) is 8.10. The first kappa shape index (κ1) is 17.4. The number of aliphatic hydroxyl groups is 1. The lowest BCUT2D eigenvalue weighted by atomic mass is 10.0. The fourth-order valence-electron chi connectivity index (χ4n) is 2.83. The van der Waals surface area contributed by atoms with Gasteiger partial charge in [-0.15, -0.1) is 0 Å². The predicted octanol–water partition coefficient (Wildman–Crippen LogP) is 3.40. The van der Waals surface area contributed by atoms with E-state index in [2.05, 4.69) is 12.1 Å². The molecule has 25 heavy (non-hydrogen) atoms. The summed E-state index contributed by atoms with van der Waals surface area (Å²) in [6.45, 7) is 2.71. The molecule has 3 rings (SSSR count). The van der Waals surface area contributed by atoms with Crippen LogP contribution >= 0.6 is 0 Å². The van der Waals surface area contributed by atoms with E-state index in [1.807, 2.05) is 37.3 Å². The van der Waals surface area contributed by atoms with Crippen molar-refractivity contribution in [2.24, 2.45) is 0 Å². The maximum Gasteiger partial charge on any atom is 0.195 e. The molecule has 1 heterocycles. The summed E-state index contributed by atoms with van der Waals surface area (Å²) in [4.78, 5) is 12.4. The van der Waals surface area contributed by atoms with Crippen LogP contribution in [0.25, 0.3) is 11.0 Å². The second-order valence-electron chi connectivity index (χ2n) is 6.07. The van der Waals surface area contributed by atoms with Crippen molar-refractivity contribution in [2.75, 3.05) is 13.2 Å². The molecule has 0 bridgehead atoms. The summed E-state index contributed by atoms with van der Waals surface area (Å²) in [5, 5.41) is 9.35. The number of para-hydroxylation sites is 1. The minimum atomic E-state index is 0.0361. The van der Waals surface area contributed by atoms with Gasteiger partial charge in [-0.25, -0.2) is 0 Å². The number of hydrogen-bond donors (Lipinski definition) is 1. The van der Waals surface area contributed by atoms with Crippen molar-refractivity contribution in [3.63, 3.8) is 0 Å². The molecule has 0 saturated carbocycles. The van der Waals surface area contributed by atoms with Crippen LogP contribution in [0.3, 0.4) is 0 Å². The van der Waals surface area contributed by atoms with E-state index >= 15 is 0 Å². The lowest BCUT2D eigenvalue weighted by molar-refractivity contribution is 0.0815. The Balaban J connectivity index is 1.70. The number of rotatable bonds is 7. The summed E-state index contributed by atoms with van der Waals surface area (Å²) in [5.74, 6) is 0.749. The summed E-state index contributed by atoms with van der Waals surface area (Å²) < 4.78 is 11.2. The first-order valence-electron chi connectivity index (χ1n) is 8.47. The lowest BCUT2D eigenvalue weighted by Gasteiger charge is -2.08. The van der Waals surface area contributed by atoms with Gasteiger partial charge in [0.2, 0.25) is 0 Å². The average molecular weight is 338 g/mol. The van der Waals surface area contributed by atoms with Crippen LogP contribution in [0.2, 0.25) is 0 Å². The molecule has 4 heteroatoms. The molecule has 0 fully saturated rings. The molecule has 1 N–H and O–H groups in total. The van der Waals surface area contributed by atoms with Crippen LogP contribution < -0.4 is 5.43 Å². The van der Waals surface area contributed by atoms with Crippen molar-refractivity contribution < 1.29 is 14.3 Å². The van der Waals surface area contributed by atoms with Crippen molar-refractivity contribution in [3.8, 4) is 0 Å². The van der Waals surface area contributed by atoms with Crippen molar-refractivity contribution in [1.29, 1.82) is 0 Å². The molecule has 0 amide bonds. The molecule has 4 nitrogen and oxygen atoms in total. The Morgan fingerprint density at radius 3 is 2.48 bits per heavy atom. The molecule has 0 atom stereocenters. The van der Waals surface area contributed by atoms with Crippen LogP contribution in [0.5, 0.6) is 0 Å². The van der Waals surface area contributed by atoms with Crippen LogP contribution in [-0.4, -0.2) is 18.3 Å². The van der Waals surface area contributed by atoms with Gasteiger partial charge in [0, 0.05) is 12.0 Å². The lowest BCUT2D eigenvalue weighted by Crippen LogP contribution is -2.09. The topological polar surface area (TPSA) is 59.7 Å². The molecule has 0 spiro atoms. The molecule has 0 unspecified atom stereocenters. The van der Waals surface area contributed by atoms with Gasteiger partial charge in [-0.3, -0.25) is 4.79 Å². The number of aryl methyl sites for hydroxylation is 2. The summed E-state index contributed by atoms with van der Waals surface area (Å²) in [5.41, 5.74) is 3.64. The molecular formula is C21H22O4. The summed E-state index contributed by atoms with van der Waals surface area (Å²) in [6.07, 6.45) is 1.49. The highest BCUT2D eigenvalue weighted by molar-refractivity contribution is 5.76. The van der Waals surface area contributed by atoms with Crippen molar-refractivity contribution in [2.45, 2.75) is 26.4 Å². The van der Waals surface area contributed by atoms with E-state index in [1.165, 1.54) is 5.56 Å². The van der Waals surface area contributed by atoms with Gasteiger partial charge < -0.3 is 14.3 Å². The van der Waals surface area contributed by atoms with Crippen LogP contribution in [0.15, 0.2) is 57.7 Å². The van der Waals surface area contributed by atoms with E-state index in [4.69, 9.17) is 14.3 Å². The molecule has 2 aromatic carbocycles. The largest absolute Gasteiger partial charge is 0.461 e. The monoisotopic (exact) mass is 338 g/mol. The maximum absolute atomic E-state index is 12.4. The van der Waals surface area contributed by atoms with Crippen molar-refractivity contribution in [3.05, 3.63) is 81.2 Å². The molecule has 1 aromatic heterocycles. The molecule has 3 aromatic rings. The van der Waals surface area contributed by atoms with Gasteiger partial charge in [-0.2, -0.15) is 0 Å². The van der Waals surface area contributed by atoms with E-state index in [0.29, 0.717) is 36.2 Å². The Morgan fingerprint density at radius 1 is 1.00 bits per heavy atom. The quantitative estimate of drug-likeness (QED) is 0.671. The fourth-order valence-corrected chi connectivity index (χ4v) is 2.83. The van der Waals surface area contributed by atoms with Crippen molar-refractivity contribution in [1.82, 2.24) is 0 Å². The fraction of sp³-hybridized carbons (Fsp3) is 0.286. The van der Waals surface area contributed by atoms with Gasteiger partial charge in [0.1, 0.15) is 11.3 Å².